The highest BCUT2D eigenvalue weighted by molar-refractivity contribution is 5.61. The van der Waals surface area contributed by atoms with Crippen LogP contribution in [0.3, 0.4) is 0 Å². The van der Waals surface area contributed by atoms with E-state index in [0.717, 1.165) is 18.2 Å². The van der Waals surface area contributed by atoms with Crippen molar-refractivity contribution in [3.8, 4) is 5.69 Å². The molecule has 0 bridgehead atoms. The van der Waals surface area contributed by atoms with Gasteiger partial charge in [-0.25, -0.2) is 13.8 Å². The van der Waals surface area contributed by atoms with Gasteiger partial charge in [-0.2, -0.15) is 0 Å². The average Bonchev–Trinajstić information content (AvgIpc) is 3.07. The molecule has 24 heavy (non-hydrogen) atoms. The molecule has 122 valence electrons. The van der Waals surface area contributed by atoms with Crippen molar-refractivity contribution in [2.45, 2.75) is 6.54 Å². The van der Waals surface area contributed by atoms with Crippen LogP contribution >= 0.6 is 0 Å². The van der Waals surface area contributed by atoms with Gasteiger partial charge in [0.1, 0.15) is 17.3 Å². The molecule has 0 atom stereocenters. The summed E-state index contributed by atoms with van der Waals surface area (Å²) in [4.78, 5) is 14.2. The molecule has 1 heterocycles. The molecule has 0 spiro atoms. The molecule has 8 heteroatoms. The molecule has 1 N–H and O–H groups in total. The second-order valence-corrected chi connectivity index (χ2v) is 5.03. The highest BCUT2D eigenvalue weighted by Gasteiger charge is 2.14. The molecule has 6 nitrogen and oxygen atoms in total. The van der Waals surface area contributed by atoms with Gasteiger partial charge in [0.05, 0.1) is 16.9 Å². The van der Waals surface area contributed by atoms with Crippen LogP contribution < -0.4 is 5.32 Å². The van der Waals surface area contributed by atoms with Crippen molar-refractivity contribution in [2.24, 2.45) is 0 Å². The Morgan fingerprint density at radius 2 is 2.04 bits per heavy atom. The monoisotopic (exact) mass is 330 g/mol. The molecule has 0 aliphatic heterocycles. The van der Waals surface area contributed by atoms with Gasteiger partial charge in [0, 0.05) is 31.1 Å². The van der Waals surface area contributed by atoms with E-state index in [0.29, 0.717) is 11.3 Å². The first-order valence-electron chi connectivity index (χ1n) is 6.99. The zero-order valence-electron chi connectivity index (χ0n) is 12.3. The van der Waals surface area contributed by atoms with Crippen molar-refractivity contribution in [1.82, 2.24) is 9.55 Å². The normalized spacial score (nSPS) is 10.6. The van der Waals surface area contributed by atoms with Crippen molar-refractivity contribution in [3.05, 3.63) is 82.4 Å². The van der Waals surface area contributed by atoms with E-state index in [1.54, 1.807) is 18.3 Å². The maximum absolute atomic E-state index is 14.2. The molecule has 0 amide bonds. The van der Waals surface area contributed by atoms with E-state index < -0.39 is 16.6 Å². The minimum atomic E-state index is -0.607. The number of nitro groups is 1. The zero-order chi connectivity index (χ0) is 17.1. The lowest BCUT2D eigenvalue weighted by Crippen LogP contribution is -2.04. The summed E-state index contributed by atoms with van der Waals surface area (Å²) in [5, 5.41) is 13.7. The lowest BCUT2D eigenvalue weighted by atomic mass is 10.2. The van der Waals surface area contributed by atoms with Crippen LogP contribution in [0.4, 0.5) is 20.2 Å². The van der Waals surface area contributed by atoms with E-state index in [1.165, 1.54) is 23.2 Å². The fraction of sp³-hybridized carbons (Fsp3) is 0.0625. The van der Waals surface area contributed by atoms with E-state index >= 15 is 0 Å². The Morgan fingerprint density at radius 1 is 1.21 bits per heavy atom. The molecule has 0 fully saturated rings. The molecule has 3 aromatic rings. The summed E-state index contributed by atoms with van der Waals surface area (Å²) in [6.45, 7) is 0.116. The number of halogens is 2. The van der Waals surface area contributed by atoms with Crippen molar-refractivity contribution in [3.63, 3.8) is 0 Å². The summed E-state index contributed by atoms with van der Waals surface area (Å²) < 4.78 is 29.0. The largest absolute Gasteiger partial charge is 0.375 e. The van der Waals surface area contributed by atoms with Gasteiger partial charge in [0.15, 0.2) is 0 Å². The Balaban J connectivity index is 1.79. The Kier molecular flexibility index (Phi) is 4.19. The number of rotatable bonds is 5. The number of aromatic nitrogens is 2. The third kappa shape index (κ3) is 3.22. The molecule has 0 radical (unpaired) electrons. The smallest absolute Gasteiger partial charge is 0.292 e. The third-order valence-corrected chi connectivity index (χ3v) is 3.43. The number of nitrogens with zero attached hydrogens (tertiary/aromatic N) is 3. The van der Waals surface area contributed by atoms with E-state index in [9.17, 15) is 18.9 Å². The van der Waals surface area contributed by atoms with Gasteiger partial charge in [0.2, 0.25) is 0 Å². The number of hydrogen-bond acceptors (Lipinski definition) is 4. The number of anilines is 1. The predicted molar refractivity (Wildman–Crippen MR) is 83.9 cm³/mol. The Hall–Kier alpha value is -3.29. The van der Waals surface area contributed by atoms with Crippen LogP contribution in [0.15, 0.2) is 55.1 Å². The second kappa shape index (κ2) is 6.45. The average molecular weight is 330 g/mol. The van der Waals surface area contributed by atoms with Crippen LogP contribution in [0.25, 0.3) is 5.69 Å². The van der Waals surface area contributed by atoms with E-state index in [-0.39, 0.29) is 17.9 Å². The minimum Gasteiger partial charge on any atom is -0.375 e. The maximum atomic E-state index is 14.2. The van der Waals surface area contributed by atoms with Crippen molar-refractivity contribution in [2.75, 3.05) is 5.32 Å². The molecule has 2 aromatic carbocycles. The molecule has 1 aromatic heterocycles. The van der Waals surface area contributed by atoms with Crippen molar-refractivity contribution < 1.29 is 13.7 Å². The molecular weight excluding hydrogens is 318 g/mol. The zero-order valence-corrected chi connectivity index (χ0v) is 12.3. The van der Waals surface area contributed by atoms with Gasteiger partial charge in [-0.3, -0.25) is 10.1 Å². The summed E-state index contributed by atoms with van der Waals surface area (Å²) in [5.41, 5.74) is 0.703. The van der Waals surface area contributed by atoms with Gasteiger partial charge >= 0.3 is 0 Å². The van der Waals surface area contributed by atoms with Gasteiger partial charge < -0.3 is 9.88 Å². The van der Waals surface area contributed by atoms with E-state index in [2.05, 4.69) is 10.3 Å². The number of benzene rings is 2. The maximum Gasteiger partial charge on any atom is 0.292 e. The van der Waals surface area contributed by atoms with Crippen LogP contribution in [-0.2, 0) is 6.54 Å². The van der Waals surface area contributed by atoms with Gasteiger partial charge in [-0.15, -0.1) is 0 Å². The standard InChI is InChI=1S/C16H12F2N4O2/c17-12-2-4-16(22(23)24)14(8-12)20-9-11-1-3-15(13(18)7-11)21-6-5-19-10-21/h1-8,10,20H,9H2. The highest BCUT2D eigenvalue weighted by atomic mass is 19.1. The SMILES string of the molecule is O=[N+]([O-])c1ccc(F)cc1NCc1ccc(-n2ccnc2)c(F)c1. The first kappa shape index (κ1) is 15.6. The molecular formula is C16H12F2N4O2. The summed E-state index contributed by atoms with van der Waals surface area (Å²) in [6.07, 6.45) is 4.64. The molecule has 0 unspecified atom stereocenters. The molecule has 0 saturated heterocycles. The number of imidazole rings is 1. The summed E-state index contributed by atoms with van der Waals surface area (Å²) in [5.74, 6) is -1.05. The first-order chi connectivity index (χ1) is 11.5. The Bertz CT molecular complexity index is 882. The van der Waals surface area contributed by atoms with Crippen LogP contribution in [0.5, 0.6) is 0 Å². The highest BCUT2D eigenvalue weighted by Crippen LogP contribution is 2.25. The number of nitro benzene ring substituents is 1. The van der Waals surface area contributed by atoms with Gasteiger partial charge in [0.25, 0.3) is 5.69 Å². The van der Waals surface area contributed by atoms with Crippen LogP contribution in [0.1, 0.15) is 5.56 Å². The summed E-state index contributed by atoms with van der Waals surface area (Å²) in [6, 6.07) is 7.70. The Morgan fingerprint density at radius 3 is 2.71 bits per heavy atom. The van der Waals surface area contributed by atoms with Crippen LogP contribution in [0, 0.1) is 21.7 Å². The summed E-state index contributed by atoms with van der Waals surface area (Å²) in [7, 11) is 0. The topological polar surface area (TPSA) is 73.0 Å². The fourth-order valence-electron chi connectivity index (χ4n) is 2.28. The van der Waals surface area contributed by atoms with Crippen LogP contribution in [0.2, 0.25) is 0 Å². The van der Waals surface area contributed by atoms with Crippen LogP contribution in [-0.4, -0.2) is 14.5 Å². The lowest BCUT2D eigenvalue weighted by molar-refractivity contribution is -0.384. The van der Waals surface area contributed by atoms with E-state index in [4.69, 9.17) is 0 Å². The quantitative estimate of drug-likeness (QED) is 0.572. The first-order valence-corrected chi connectivity index (χ1v) is 6.99. The molecule has 0 aliphatic rings. The third-order valence-electron chi connectivity index (χ3n) is 3.43. The predicted octanol–water partition coefficient (Wildman–Crippen LogP) is 3.67. The van der Waals surface area contributed by atoms with Gasteiger partial charge in [-0.1, -0.05) is 6.07 Å². The van der Waals surface area contributed by atoms with Gasteiger partial charge in [-0.05, 0) is 23.8 Å². The Labute approximate surface area is 135 Å². The van der Waals surface area contributed by atoms with Crippen molar-refractivity contribution >= 4 is 11.4 Å². The number of nitrogens with one attached hydrogen (secondary N) is 1. The molecule has 0 aliphatic carbocycles. The summed E-state index contributed by atoms with van der Waals surface area (Å²) >= 11 is 0. The van der Waals surface area contributed by atoms with E-state index in [1.807, 2.05) is 0 Å². The minimum absolute atomic E-state index is 0.0408. The number of hydrogen-bond donors (Lipinski definition) is 1. The van der Waals surface area contributed by atoms with Crippen molar-refractivity contribution in [1.29, 1.82) is 0 Å². The molecule has 0 saturated carbocycles. The second-order valence-electron chi connectivity index (χ2n) is 5.03. The fourth-order valence-corrected chi connectivity index (χ4v) is 2.28. The lowest BCUT2D eigenvalue weighted by Gasteiger charge is -2.09. The molecule has 3 rings (SSSR count).